The van der Waals surface area contributed by atoms with Crippen molar-refractivity contribution in [3.63, 3.8) is 0 Å². The maximum Gasteiger partial charge on any atom is 0.193 e. The molecule has 1 saturated heterocycles. The van der Waals surface area contributed by atoms with Gasteiger partial charge in [0.2, 0.25) is 0 Å². The SMILES string of the molecule is CC(C)c1cccc(NC(N)=NCCCOCC2CCOC2)c1.I. The summed E-state index contributed by atoms with van der Waals surface area (Å²) in [6, 6.07) is 8.27. The Morgan fingerprint density at radius 3 is 3.00 bits per heavy atom. The van der Waals surface area contributed by atoms with Gasteiger partial charge in [-0.05, 0) is 36.5 Å². The summed E-state index contributed by atoms with van der Waals surface area (Å²) in [5.74, 6) is 1.52. The molecule has 1 heterocycles. The maximum absolute atomic E-state index is 5.93. The van der Waals surface area contributed by atoms with Crippen molar-refractivity contribution in [1.29, 1.82) is 0 Å². The third-order valence-corrected chi connectivity index (χ3v) is 3.93. The van der Waals surface area contributed by atoms with Crippen LogP contribution in [0.25, 0.3) is 0 Å². The molecule has 0 aromatic heterocycles. The molecular weight excluding hydrogens is 417 g/mol. The first-order valence-electron chi connectivity index (χ1n) is 8.47. The van der Waals surface area contributed by atoms with E-state index in [1.165, 1.54) is 5.56 Å². The smallest absolute Gasteiger partial charge is 0.193 e. The van der Waals surface area contributed by atoms with Crippen LogP contribution in [-0.2, 0) is 9.47 Å². The minimum absolute atomic E-state index is 0. The van der Waals surface area contributed by atoms with Gasteiger partial charge in [0.1, 0.15) is 0 Å². The molecule has 3 N–H and O–H groups in total. The van der Waals surface area contributed by atoms with Gasteiger partial charge in [-0.15, -0.1) is 24.0 Å². The molecule has 2 rings (SSSR count). The van der Waals surface area contributed by atoms with Gasteiger partial charge in [0, 0.05) is 31.4 Å². The third-order valence-electron chi connectivity index (χ3n) is 3.93. The molecule has 0 radical (unpaired) electrons. The molecule has 1 aromatic carbocycles. The lowest BCUT2D eigenvalue weighted by molar-refractivity contribution is 0.0893. The summed E-state index contributed by atoms with van der Waals surface area (Å²) in [5, 5.41) is 3.14. The molecule has 0 aliphatic carbocycles. The second kappa shape index (κ2) is 11.7. The lowest BCUT2D eigenvalue weighted by Crippen LogP contribution is -2.23. The summed E-state index contributed by atoms with van der Waals surface area (Å²) >= 11 is 0. The van der Waals surface area contributed by atoms with E-state index in [0.29, 0.717) is 24.3 Å². The third kappa shape index (κ3) is 7.81. The summed E-state index contributed by atoms with van der Waals surface area (Å²) in [4.78, 5) is 4.34. The Morgan fingerprint density at radius 1 is 1.46 bits per heavy atom. The van der Waals surface area contributed by atoms with Crippen LogP contribution in [0.2, 0.25) is 0 Å². The van der Waals surface area contributed by atoms with Gasteiger partial charge in [-0.25, -0.2) is 0 Å². The van der Waals surface area contributed by atoms with Crippen LogP contribution in [0, 0.1) is 5.92 Å². The largest absolute Gasteiger partial charge is 0.381 e. The number of halogens is 1. The van der Waals surface area contributed by atoms with Crippen LogP contribution in [0.5, 0.6) is 0 Å². The van der Waals surface area contributed by atoms with Crippen molar-refractivity contribution in [2.75, 3.05) is 38.3 Å². The van der Waals surface area contributed by atoms with Gasteiger partial charge in [0.15, 0.2) is 5.96 Å². The van der Waals surface area contributed by atoms with E-state index in [1.807, 2.05) is 12.1 Å². The highest BCUT2D eigenvalue weighted by Crippen LogP contribution is 2.18. The summed E-state index contributed by atoms with van der Waals surface area (Å²) in [6.07, 6.45) is 1.99. The number of hydrogen-bond donors (Lipinski definition) is 2. The van der Waals surface area contributed by atoms with E-state index in [-0.39, 0.29) is 24.0 Å². The average Bonchev–Trinajstić information content (AvgIpc) is 3.04. The Morgan fingerprint density at radius 2 is 2.29 bits per heavy atom. The molecule has 136 valence electrons. The van der Waals surface area contributed by atoms with E-state index in [1.54, 1.807) is 0 Å². The highest BCUT2D eigenvalue weighted by atomic mass is 127. The van der Waals surface area contributed by atoms with E-state index in [4.69, 9.17) is 15.2 Å². The molecule has 1 fully saturated rings. The molecule has 1 unspecified atom stereocenters. The van der Waals surface area contributed by atoms with Crippen LogP contribution in [0.15, 0.2) is 29.3 Å². The zero-order valence-corrected chi connectivity index (χ0v) is 17.0. The van der Waals surface area contributed by atoms with E-state index in [0.717, 1.165) is 45.0 Å². The lowest BCUT2D eigenvalue weighted by atomic mass is 10.0. The number of aliphatic imine (C=N–C) groups is 1. The molecule has 6 heteroatoms. The van der Waals surface area contributed by atoms with Gasteiger partial charge in [-0.1, -0.05) is 26.0 Å². The van der Waals surface area contributed by atoms with Gasteiger partial charge in [0.25, 0.3) is 0 Å². The van der Waals surface area contributed by atoms with Gasteiger partial charge in [-0.3, -0.25) is 4.99 Å². The van der Waals surface area contributed by atoms with Crippen molar-refractivity contribution in [2.24, 2.45) is 16.6 Å². The number of nitrogens with one attached hydrogen (secondary N) is 1. The molecule has 0 saturated carbocycles. The molecule has 24 heavy (non-hydrogen) atoms. The molecule has 1 aliphatic heterocycles. The molecule has 1 atom stereocenters. The summed E-state index contributed by atoms with van der Waals surface area (Å²) < 4.78 is 11.0. The highest BCUT2D eigenvalue weighted by Gasteiger charge is 2.15. The number of benzene rings is 1. The summed E-state index contributed by atoms with van der Waals surface area (Å²) in [6.45, 7) is 8.24. The van der Waals surface area contributed by atoms with Gasteiger partial charge in [-0.2, -0.15) is 0 Å². The minimum atomic E-state index is 0. The first-order valence-corrected chi connectivity index (χ1v) is 8.47. The van der Waals surface area contributed by atoms with Crippen molar-refractivity contribution in [3.05, 3.63) is 29.8 Å². The number of nitrogens with zero attached hydrogens (tertiary/aromatic N) is 1. The Hall–Kier alpha value is -0.860. The zero-order valence-electron chi connectivity index (χ0n) is 14.7. The lowest BCUT2D eigenvalue weighted by Gasteiger charge is -2.10. The first kappa shape index (κ1) is 21.2. The quantitative estimate of drug-likeness (QED) is 0.277. The normalized spacial score (nSPS) is 17.8. The number of rotatable bonds is 8. The van der Waals surface area contributed by atoms with Gasteiger partial charge >= 0.3 is 0 Å². The van der Waals surface area contributed by atoms with Crippen molar-refractivity contribution < 1.29 is 9.47 Å². The van der Waals surface area contributed by atoms with Crippen molar-refractivity contribution in [2.45, 2.75) is 32.6 Å². The van der Waals surface area contributed by atoms with Crippen LogP contribution in [0.3, 0.4) is 0 Å². The molecule has 0 bridgehead atoms. The van der Waals surface area contributed by atoms with E-state index < -0.39 is 0 Å². The molecular formula is C18H30IN3O2. The van der Waals surface area contributed by atoms with E-state index in [9.17, 15) is 0 Å². The van der Waals surface area contributed by atoms with Crippen LogP contribution in [0.4, 0.5) is 5.69 Å². The topological polar surface area (TPSA) is 68.9 Å². The van der Waals surface area contributed by atoms with Crippen LogP contribution < -0.4 is 11.1 Å². The molecule has 0 amide bonds. The second-order valence-corrected chi connectivity index (χ2v) is 6.33. The molecule has 0 spiro atoms. The fraction of sp³-hybridized carbons (Fsp3) is 0.611. The second-order valence-electron chi connectivity index (χ2n) is 6.33. The minimum Gasteiger partial charge on any atom is -0.381 e. The highest BCUT2D eigenvalue weighted by molar-refractivity contribution is 14.0. The number of nitrogens with two attached hydrogens (primary N) is 1. The van der Waals surface area contributed by atoms with Gasteiger partial charge < -0.3 is 20.5 Å². The monoisotopic (exact) mass is 447 g/mol. The van der Waals surface area contributed by atoms with Crippen LogP contribution in [0.1, 0.15) is 38.2 Å². The fourth-order valence-electron chi connectivity index (χ4n) is 2.49. The van der Waals surface area contributed by atoms with E-state index in [2.05, 4.69) is 36.3 Å². The van der Waals surface area contributed by atoms with Crippen molar-refractivity contribution >= 4 is 35.6 Å². The predicted octanol–water partition coefficient (Wildman–Crippen LogP) is 3.60. The zero-order chi connectivity index (χ0) is 16.5. The Kier molecular flexibility index (Phi) is 10.3. The molecule has 5 nitrogen and oxygen atoms in total. The Balaban J connectivity index is 0.00000288. The standard InChI is InChI=1S/C18H29N3O2.HI/c1-14(2)16-5-3-6-17(11-16)21-18(19)20-8-4-9-22-12-15-7-10-23-13-15;/h3,5-6,11,14-15H,4,7-10,12-13H2,1-2H3,(H3,19,20,21);1H. The van der Waals surface area contributed by atoms with E-state index >= 15 is 0 Å². The Labute approximate surface area is 162 Å². The molecule has 1 aromatic rings. The first-order chi connectivity index (χ1) is 11.1. The number of guanidine groups is 1. The number of anilines is 1. The van der Waals surface area contributed by atoms with Crippen molar-refractivity contribution in [3.8, 4) is 0 Å². The summed E-state index contributed by atoms with van der Waals surface area (Å²) in [5.41, 5.74) is 8.19. The van der Waals surface area contributed by atoms with Crippen LogP contribution in [-0.4, -0.2) is 38.9 Å². The fourth-order valence-corrected chi connectivity index (χ4v) is 2.49. The average molecular weight is 447 g/mol. The number of ether oxygens (including phenoxy) is 2. The Bertz CT molecular complexity index is 503. The number of hydrogen-bond acceptors (Lipinski definition) is 3. The molecule has 1 aliphatic rings. The maximum atomic E-state index is 5.93. The predicted molar refractivity (Wildman–Crippen MR) is 110 cm³/mol. The summed E-state index contributed by atoms with van der Waals surface area (Å²) in [7, 11) is 0. The van der Waals surface area contributed by atoms with Crippen LogP contribution >= 0.6 is 24.0 Å². The van der Waals surface area contributed by atoms with Crippen molar-refractivity contribution in [1.82, 2.24) is 0 Å². The van der Waals surface area contributed by atoms with Gasteiger partial charge in [0.05, 0.1) is 13.2 Å².